The maximum absolute atomic E-state index is 11.4. The quantitative estimate of drug-likeness (QED) is 0.597. The summed E-state index contributed by atoms with van der Waals surface area (Å²) in [6.45, 7) is 2.97. The van der Waals surface area contributed by atoms with E-state index in [1.807, 2.05) is 0 Å². The summed E-state index contributed by atoms with van der Waals surface area (Å²) in [5.74, 6) is -0.260. The molecule has 0 radical (unpaired) electrons. The van der Waals surface area contributed by atoms with Crippen molar-refractivity contribution in [1.82, 2.24) is 5.32 Å². The lowest BCUT2D eigenvalue weighted by Crippen LogP contribution is -2.36. The van der Waals surface area contributed by atoms with Crippen LogP contribution in [-0.4, -0.2) is 22.5 Å². The molecular formula is C13H16N2O4. The van der Waals surface area contributed by atoms with E-state index in [4.69, 9.17) is 0 Å². The van der Waals surface area contributed by atoms with Crippen molar-refractivity contribution in [3.8, 4) is 0 Å². The molecule has 1 unspecified atom stereocenters. The Morgan fingerprint density at radius 1 is 1.32 bits per heavy atom. The third-order valence-electron chi connectivity index (χ3n) is 2.71. The summed E-state index contributed by atoms with van der Waals surface area (Å²) in [5.41, 5.74) is 0.488. The third kappa shape index (κ3) is 4.59. The summed E-state index contributed by atoms with van der Waals surface area (Å²) < 4.78 is 0. The molecule has 0 fully saturated rings. The van der Waals surface area contributed by atoms with Crippen molar-refractivity contribution in [2.75, 3.05) is 0 Å². The van der Waals surface area contributed by atoms with E-state index in [9.17, 15) is 19.7 Å². The van der Waals surface area contributed by atoms with Gasteiger partial charge in [0.05, 0.1) is 11.0 Å². The Hall–Kier alpha value is -2.08. The van der Waals surface area contributed by atoms with E-state index < -0.39 is 11.0 Å². The van der Waals surface area contributed by atoms with Crippen LogP contribution < -0.4 is 5.32 Å². The normalized spacial score (nSPS) is 11.9. The van der Waals surface area contributed by atoms with Crippen molar-refractivity contribution in [1.29, 1.82) is 0 Å². The molecule has 19 heavy (non-hydrogen) atoms. The lowest BCUT2D eigenvalue weighted by atomic mass is 10.1. The number of nitrogens with zero attached hydrogens (tertiary/aromatic N) is 1. The van der Waals surface area contributed by atoms with Crippen LogP contribution in [0.4, 0.5) is 5.69 Å². The fourth-order valence-electron chi connectivity index (χ4n) is 1.72. The summed E-state index contributed by atoms with van der Waals surface area (Å²) in [6.07, 6.45) is 0.0932. The second kappa shape index (κ2) is 6.75. The van der Waals surface area contributed by atoms with Crippen LogP contribution in [0.25, 0.3) is 0 Å². The highest BCUT2D eigenvalue weighted by molar-refractivity contribution is 5.88. The second-order valence-electron chi connectivity index (χ2n) is 4.34. The van der Waals surface area contributed by atoms with Gasteiger partial charge in [0.2, 0.25) is 0 Å². The predicted molar refractivity (Wildman–Crippen MR) is 69.7 cm³/mol. The molecule has 1 atom stereocenters. The maximum atomic E-state index is 11.4. The van der Waals surface area contributed by atoms with Crippen molar-refractivity contribution in [2.24, 2.45) is 0 Å². The molecule has 0 saturated heterocycles. The molecule has 0 amide bonds. The third-order valence-corrected chi connectivity index (χ3v) is 2.71. The van der Waals surface area contributed by atoms with Gasteiger partial charge in [-0.25, -0.2) is 0 Å². The first-order chi connectivity index (χ1) is 8.91. The molecule has 1 aromatic rings. The summed E-state index contributed by atoms with van der Waals surface area (Å²) in [7, 11) is 0. The van der Waals surface area contributed by atoms with Gasteiger partial charge in [-0.15, -0.1) is 0 Å². The average Bonchev–Trinajstić information content (AvgIpc) is 2.34. The largest absolute Gasteiger partial charge is 0.303 e. The van der Waals surface area contributed by atoms with Gasteiger partial charge in [0, 0.05) is 24.6 Å². The number of benzene rings is 1. The van der Waals surface area contributed by atoms with E-state index in [1.54, 1.807) is 18.2 Å². The van der Waals surface area contributed by atoms with Gasteiger partial charge in [0.25, 0.3) is 5.69 Å². The molecule has 0 spiro atoms. The number of nitrogens with one attached hydrogen (secondary N) is 1. The molecule has 0 heterocycles. The lowest BCUT2D eigenvalue weighted by Gasteiger charge is -2.14. The van der Waals surface area contributed by atoms with Gasteiger partial charge >= 0.3 is 0 Å². The molecule has 1 aromatic carbocycles. The Morgan fingerprint density at radius 3 is 2.47 bits per heavy atom. The summed E-state index contributed by atoms with van der Waals surface area (Å²) in [4.78, 5) is 32.8. The Balaban J connectivity index is 2.77. The number of ketones is 2. The van der Waals surface area contributed by atoms with Crippen LogP contribution in [-0.2, 0) is 16.1 Å². The first-order valence-electron chi connectivity index (χ1n) is 5.87. The molecule has 6 nitrogen and oxygen atoms in total. The van der Waals surface area contributed by atoms with Crippen molar-refractivity contribution in [3.05, 3.63) is 39.9 Å². The number of para-hydroxylation sites is 1. The van der Waals surface area contributed by atoms with Gasteiger partial charge in [-0.3, -0.25) is 19.7 Å². The number of hydrogen-bond acceptors (Lipinski definition) is 5. The highest BCUT2D eigenvalue weighted by atomic mass is 16.6. The topological polar surface area (TPSA) is 89.3 Å². The zero-order valence-electron chi connectivity index (χ0n) is 10.9. The molecule has 0 aromatic heterocycles. The first kappa shape index (κ1) is 15.0. The zero-order chi connectivity index (χ0) is 14.4. The van der Waals surface area contributed by atoms with Gasteiger partial charge in [-0.2, -0.15) is 0 Å². The molecule has 6 heteroatoms. The van der Waals surface area contributed by atoms with Crippen LogP contribution in [0.3, 0.4) is 0 Å². The lowest BCUT2D eigenvalue weighted by molar-refractivity contribution is -0.385. The zero-order valence-corrected chi connectivity index (χ0v) is 10.9. The second-order valence-corrected chi connectivity index (χ2v) is 4.34. The Labute approximate surface area is 111 Å². The molecule has 1 rings (SSSR count). The van der Waals surface area contributed by atoms with Gasteiger partial charge in [0.1, 0.15) is 11.6 Å². The van der Waals surface area contributed by atoms with Crippen LogP contribution in [0.2, 0.25) is 0 Å². The summed E-state index contributed by atoms with van der Waals surface area (Å²) >= 11 is 0. The number of Topliss-reactive ketones (excluding diaryl/α,β-unsaturated/α-hetero) is 2. The van der Waals surface area contributed by atoms with Crippen molar-refractivity contribution >= 4 is 17.3 Å². The maximum Gasteiger partial charge on any atom is 0.273 e. The standard InChI is InChI=1S/C13H16N2O4/c1-9(16)7-12(10(2)17)14-8-11-5-3-4-6-13(11)15(18)19/h3-6,12,14H,7-8H2,1-2H3. The van der Waals surface area contributed by atoms with E-state index in [0.29, 0.717) is 5.56 Å². The molecule has 102 valence electrons. The summed E-state index contributed by atoms with van der Waals surface area (Å²) in [6, 6.07) is 5.70. The molecule has 1 N–H and O–H groups in total. The Kier molecular flexibility index (Phi) is 5.32. The minimum absolute atomic E-state index is 0.000118. The Bertz CT molecular complexity index is 499. The number of rotatable bonds is 7. The molecular weight excluding hydrogens is 248 g/mol. The number of carbonyl (C=O) groups is 2. The van der Waals surface area contributed by atoms with Crippen LogP contribution in [0.1, 0.15) is 25.8 Å². The molecule has 0 aliphatic heterocycles. The molecule has 0 aliphatic carbocycles. The minimum atomic E-state index is -0.600. The fraction of sp³-hybridized carbons (Fsp3) is 0.385. The van der Waals surface area contributed by atoms with Gasteiger partial charge in [0.15, 0.2) is 0 Å². The van der Waals surface area contributed by atoms with Gasteiger partial charge < -0.3 is 5.32 Å². The first-order valence-corrected chi connectivity index (χ1v) is 5.87. The number of carbonyl (C=O) groups excluding carboxylic acids is 2. The highest BCUT2D eigenvalue weighted by Gasteiger charge is 2.18. The monoisotopic (exact) mass is 264 g/mol. The van der Waals surface area contributed by atoms with Gasteiger partial charge in [-0.05, 0) is 13.8 Å². The summed E-state index contributed by atoms with van der Waals surface area (Å²) in [5, 5.41) is 13.7. The fourth-order valence-corrected chi connectivity index (χ4v) is 1.72. The number of nitro benzene ring substituents is 1. The number of nitro groups is 1. The van der Waals surface area contributed by atoms with E-state index >= 15 is 0 Å². The van der Waals surface area contributed by atoms with Crippen molar-refractivity contribution in [3.63, 3.8) is 0 Å². The molecule has 0 bridgehead atoms. The van der Waals surface area contributed by atoms with E-state index in [2.05, 4.69) is 5.32 Å². The van der Waals surface area contributed by atoms with Crippen LogP contribution in [0.5, 0.6) is 0 Å². The predicted octanol–water partition coefficient (Wildman–Crippen LogP) is 1.62. The van der Waals surface area contributed by atoms with Gasteiger partial charge in [-0.1, -0.05) is 18.2 Å². The van der Waals surface area contributed by atoms with Crippen molar-refractivity contribution in [2.45, 2.75) is 32.9 Å². The Morgan fingerprint density at radius 2 is 1.95 bits per heavy atom. The highest BCUT2D eigenvalue weighted by Crippen LogP contribution is 2.17. The minimum Gasteiger partial charge on any atom is -0.303 e. The van der Waals surface area contributed by atoms with E-state index in [-0.39, 0.29) is 30.2 Å². The smallest absolute Gasteiger partial charge is 0.273 e. The van der Waals surface area contributed by atoms with E-state index in [0.717, 1.165) is 0 Å². The van der Waals surface area contributed by atoms with Crippen LogP contribution in [0.15, 0.2) is 24.3 Å². The van der Waals surface area contributed by atoms with Crippen molar-refractivity contribution < 1.29 is 14.5 Å². The SMILES string of the molecule is CC(=O)CC(NCc1ccccc1[N+](=O)[O-])C(C)=O. The molecule has 0 saturated carbocycles. The number of hydrogen-bond donors (Lipinski definition) is 1. The van der Waals surface area contributed by atoms with E-state index in [1.165, 1.54) is 19.9 Å². The van der Waals surface area contributed by atoms with Crippen LogP contribution in [0, 0.1) is 10.1 Å². The van der Waals surface area contributed by atoms with Crippen LogP contribution >= 0.6 is 0 Å². The molecule has 0 aliphatic rings. The average molecular weight is 264 g/mol.